The van der Waals surface area contributed by atoms with Crippen molar-refractivity contribution in [3.63, 3.8) is 0 Å². The molecule has 2 aliphatic heterocycles. The van der Waals surface area contributed by atoms with Gasteiger partial charge in [-0.1, -0.05) is 103 Å². The molecule has 5 aromatic rings. The number of carbonyl (C=O) groups excluding carboxylic acids is 1. The van der Waals surface area contributed by atoms with Gasteiger partial charge in [-0.25, -0.2) is 0 Å². The fourth-order valence-electron chi connectivity index (χ4n) is 8.09. The Morgan fingerprint density at radius 3 is 2.39 bits per heavy atom. The monoisotopic (exact) mass is 784 g/mol. The summed E-state index contributed by atoms with van der Waals surface area (Å²) in [7, 11) is -0.611. The van der Waals surface area contributed by atoms with Crippen molar-refractivity contribution in [2.45, 2.75) is 62.9 Å². The number of hydrogen-bond donors (Lipinski definition) is 1. The van der Waals surface area contributed by atoms with Crippen LogP contribution in [0.5, 0.6) is 5.75 Å². The van der Waals surface area contributed by atoms with E-state index in [1.165, 1.54) is 5.19 Å². The minimum absolute atomic E-state index is 0.00177. The molecular weight excluding hydrogens is 743 g/mol. The van der Waals surface area contributed by atoms with E-state index in [2.05, 4.69) is 95.4 Å². The summed E-state index contributed by atoms with van der Waals surface area (Å²) in [5, 5.41) is 21.0. The lowest BCUT2D eigenvalue weighted by Gasteiger charge is -2.37. The van der Waals surface area contributed by atoms with Gasteiger partial charge >= 0.3 is 0 Å². The Morgan fingerprint density at radius 2 is 1.69 bits per heavy atom. The number of fused-ring (bicyclic) bond motifs is 2. The number of hydrogen-bond acceptors (Lipinski definition) is 6. The Bertz CT molecular complexity index is 1940. The zero-order valence-corrected chi connectivity index (χ0v) is 31.3. The highest BCUT2D eigenvalue weighted by atomic mass is 127. The lowest BCUT2D eigenvalue weighted by atomic mass is 9.82. The van der Waals surface area contributed by atoms with E-state index < -0.39 is 19.8 Å². The van der Waals surface area contributed by atoms with E-state index in [4.69, 9.17) is 9.47 Å². The van der Waals surface area contributed by atoms with Crippen molar-refractivity contribution >= 4 is 47.4 Å². The zero-order valence-electron chi connectivity index (χ0n) is 28.2. The van der Waals surface area contributed by atoms with Crippen molar-refractivity contribution in [2.75, 3.05) is 12.0 Å². The molecule has 1 fully saturated rings. The van der Waals surface area contributed by atoms with E-state index in [1.54, 1.807) is 11.8 Å². The first kappa shape index (κ1) is 33.6. The predicted molar refractivity (Wildman–Crippen MR) is 202 cm³/mol. The normalized spacial score (nSPS) is 22.4. The highest BCUT2D eigenvalue weighted by molar-refractivity contribution is 14.1. The SMILES string of the molecule is COc1ccc([Si](C)(C)[C@@H]2[C@@H](CCn3cc([C@H](O)c4ccccc4)nn3)O[C@]3(C(=O)N(Cc4ccccc4)c4ccc(I)cc43)[C@H]2C)cc1. The summed E-state index contributed by atoms with van der Waals surface area (Å²) in [5.74, 6) is 0.725. The second-order valence-electron chi connectivity index (χ2n) is 13.7. The van der Waals surface area contributed by atoms with Gasteiger partial charge < -0.3 is 19.5 Å². The Balaban J connectivity index is 1.25. The van der Waals surface area contributed by atoms with Crippen LogP contribution in [0.3, 0.4) is 0 Å². The lowest BCUT2D eigenvalue weighted by molar-refractivity contribution is -0.146. The number of aromatic nitrogens is 3. The molecule has 3 heterocycles. The van der Waals surface area contributed by atoms with Crippen molar-refractivity contribution in [1.82, 2.24) is 15.0 Å². The van der Waals surface area contributed by atoms with Crippen LogP contribution in [0.1, 0.15) is 41.8 Å². The molecule has 1 N–H and O–H groups in total. The standard InChI is InChI=1S/C39H41IN4O4Si/c1-26-37(49(3,4)31-18-16-30(47-2)17-19-31)35(21-22-43-25-33(41-42-43)36(45)28-13-9-6-10-14-28)48-39(26)32-23-29(40)15-20-34(32)44(38(39)46)24-27-11-7-5-8-12-27/h5-20,23,25-26,35-37,45H,21-22,24H2,1-4H3/t26-,35+,36+,37-,39+/m0/s1. The number of aliphatic hydroxyl groups excluding tert-OH is 1. The summed E-state index contributed by atoms with van der Waals surface area (Å²) in [5.41, 5.74) is 3.20. The van der Waals surface area contributed by atoms with Gasteiger partial charge in [0, 0.05) is 21.6 Å². The highest BCUT2D eigenvalue weighted by Crippen LogP contribution is 2.60. The molecule has 0 saturated carbocycles. The maximum Gasteiger partial charge on any atom is 0.264 e. The molecule has 1 aromatic heterocycles. The average Bonchev–Trinajstić information content (AvgIpc) is 3.78. The van der Waals surface area contributed by atoms with E-state index in [-0.39, 0.29) is 23.5 Å². The molecule has 0 unspecified atom stereocenters. The molecule has 0 radical (unpaired) electrons. The summed E-state index contributed by atoms with van der Waals surface area (Å²) < 4.78 is 15.6. The third-order valence-electron chi connectivity index (χ3n) is 10.6. The molecule has 4 aromatic carbocycles. The number of ether oxygens (including phenoxy) is 2. The maximum absolute atomic E-state index is 15.0. The first-order valence-corrected chi connectivity index (χ1v) is 20.9. The van der Waals surface area contributed by atoms with Gasteiger partial charge in [-0.05, 0) is 76.0 Å². The number of benzene rings is 4. The van der Waals surface area contributed by atoms with E-state index >= 15 is 0 Å². The number of amides is 1. The van der Waals surface area contributed by atoms with Gasteiger partial charge in [-0.2, -0.15) is 0 Å². The quantitative estimate of drug-likeness (QED) is 0.124. The number of anilines is 1. The van der Waals surface area contributed by atoms with E-state index in [0.29, 0.717) is 25.2 Å². The zero-order chi connectivity index (χ0) is 34.3. The molecule has 1 spiro atoms. The van der Waals surface area contributed by atoms with Crippen molar-refractivity contribution < 1.29 is 19.4 Å². The molecule has 1 amide bonds. The molecule has 8 nitrogen and oxygen atoms in total. The van der Waals surface area contributed by atoms with Crippen molar-refractivity contribution in [3.8, 4) is 5.75 Å². The summed E-state index contributed by atoms with van der Waals surface area (Å²) in [6.07, 6.45) is 1.36. The predicted octanol–water partition coefficient (Wildman–Crippen LogP) is 6.83. The number of aliphatic hydroxyl groups is 1. The average molecular weight is 785 g/mol. The number of carbonyl (C=O) groups is 1. The van der Waals surface area contributed by atoms with Crippen molar-refractivity contribution in [1.29, 1.82) is 0 Å². The fourth-order valence-corrected chi connectivity index (χ4v) is 12.6. The summed E-state index contributed by atoms with van der Waals surface area (Å²) in [6.45, 7) is 8.02. The Kier molecular flexibility index (Phi) is 9.24. The van der Waals surface area contributed by atoms with Crippen LogP contribution in [0.15, 0.2) is 109 Å². The Hall–Kier alpha value is -3.84. The third kappa shape index (κ3) is 6.02. The molecule has 252 valence electrons. The van der Waals surface area contributed by atoms with Gasteiger partial charge in [-0.3, -0.25) is 9.48 Å². The van der Waals surface area contributed by atoms with E-state index in [9.17, 15) is 9.90 Å². The van der Waals surface area contributed by atoms with Crippen LogP contribution in [0.25, 0.3) is 0 Å². The Labute approximate surface area is 302 Å². The van der Waals surface area contributed by atoms with Gasteiger partial charge in [0.25, 0.3) is 5.91 Å². The molecule has 0 bridgehead atoms. The van der Waals surface area contributed by atoms with Gasteiger partial charge in [0.1, 0.15) is 17.5 Å². The molecule has 10 heteroatoms. The van der Waals surface area contributed by atoms with Gasteiger partial charge in [0.2, 0.25) is 0 Å². The van der Waals surface area contributed by atoms with E-state index in [1.807, 2.05) is 71.8 Å². The summed E-state index contributed by atoms with van der Waals surface area (Å²) in [4.78, 5) is 16.9. The molecule has 5 atom stereocenters. The topological polar surface area (TPSA) is 89.7 Å². The third-order valence-corrected chi connectivity index (χ3v) is 15.6. The number of aryl methyl sites for hydroxylation is 1. The smallest absolute Gasteiger partial charge is 0.264 e. The van der Waals surface area contributed by atoms with Crippen LogP contribution in [0.2, 0.25) is 18.6 Å². The summed E-state index contributed by atoms with van der Waals surface area (Å²) >= 11 is 2.34. The van der Waals surface area contributed by atoms with Crippen LogP contribution in [0, 0.1) is 9.49 Å². The minimum atomic E-state index is -2.30. The van der Waals surface area contributed by atoms with E-state index in [0.717, 1.165) is 31.7 Å². The maximum atomic E-state index is 15.0. The first-order valence-electron chi connectivity index (χ1n) is 16.7. The number of methoxy groups -OCH3 is 1. The second-order valence-corrected chi connectivity index (χ2v) is 19.6. The molecule has 1 saturated heterocycles. The van der Waals surface area contributed by atoms with Gasteiger partial charge in [0.15, 0.2) is 5.60 Å². The van der Waals surface area contributed by atoms with Crippen molar-refractivity contribution in [2.24, 2.45) is 5.92 Å². The van der Waals surface area contributed by atoms with Crippen molar-refractivity contribution in [3.05, 3.63) is 135 Å². The van der Waals surface area contributed by atoms with Gasteiger partial charge in [-0.15, -0.1) is 5.10 Å². The fraction of sp³-hybridized carbons (Fsp3) is 0.308. The molecule has 49 heavy (non-hydrogen) atoms. The minimum Gasteiger partial charge on any atom is -0.497 e. The second kappa shape index (κ2) is 13.5. The van der Waals surface area contributed by atoms with Crippen LogP contribution in [-0.2, 0) is 28.2 Å². The van der Waals surface area contributed by atoms with Crippen LogP contribution < -0.4 is 14.8 Å². The number of rotatable bonds is 10. The number of halogens is 1. The molecular formula is C39H41IN4O4Si. The first-order chi connectivity index (χ1) is 23.6. The van der Waals surface area contributed by atoms with Crippen LogP contribution in [0.4, 0.5) is 5.69 Å². The Morgan fingerprint density at radius 1 is 1.00 bits per heavy atom. The highest BCUT2D eigenvalue weighted by Gasteiger charge is 2.66. The molecule has 7 rings (SSSR count). The largest absolute Gasteiger partial charge is 0.497 e. The molecule has 0 aliphatic carbocycles. The molecule has 2 aliphatic rings. The lowest BCUT2D eigenvalue weighted by Crippen LogP contribution is -2.51. The van der Waals surface area contributed by atoms with Crippen LogP contribution >= 0.6 is 22.6 Å². The summed E-state index contributed by atoms with van der Waals surface area (Å²) in [6, 6.07) is 34.4. The van der Waals surface area contributed by atoms with Gasteiger partial charge in [0.05, 0.1) is 39.7 Å². The number of nitrogens with zero attached hydrogens (tertiary/aromatic N) is 4. The van der Waals surface area contributed by atoms with Crippen LogP contribution in [-0.4, -0.2) is 47.3 Å².